The second-order valence-electron chi connectivity index (χ2n) is 11.2. The number of halogens is 2. The zero-order chi connectivity index (χ0) is 32.4. The number of carboxylic acids is 1. The van der Waals surface area contributed by atoms with Gasteiger partial charge in [-0.3, -0.25) is 10.1 Å². The number of benzene rings is 3. The Hall–Kier alpha value is -4.46. The molecule has 6 rings (SSSR count). The molecular weight excluding hydrogens is 633 g/mol. The molecule has 1 aliphatic rings. The van der Waals surface area contributed by atoms with Crippen molar-refractivity contribution < 1.29 is 28.2 Å². The molecule has 0 bridgehead atoms. The van der Waals surface area contributed by atoms with Crippen LogP contribution < -0.4 is 15.0 Å². The van der Waals surface area contributed by atoms with Crippen LogP contribution in [0.5, 0.6) is 5.75 Å². The fraction of sp³-hybridized carbons (Fsp3) is 0.273. The number of hydrogen-bond acceptors (Lipinski definition) is 9. The number of aromatic nitrogens is 2. The van der Waals surface area contributed by atoms with Gasteiger partial charge in [0.25, 0.3) is 5.91 Å². The maximum atomic E-state index is 14.5. The minimum atomic E-state index is -1.14. The van der Waals surface area contributed by atoms with Gasteiger partial charge in [-0.25, -0.2) is 23.5 Å². The lowest BCUT2D eigenvalue weighted by molar-refractivity contribution is 0.0690. The van der Waals surface area contributed by atoms with Gasteiger partial charge in [0.05, 0.1) is 16.8 Å². The van der Waals surface area contributed by atoms with Crippen LogP contribution in [0.15, 0.2) is 54.6 Å². The quantitative estimate of drug-likeness (QED) is 0.152. The molecule has 0 aliphatic carbocycles. The van der Waals surface area contributed by atoms with Crippen molar-refractivity contribution in [3.63, 3.8) is 0 Å². The van der Waals surface area contributed by atoms with Crippen LogP contribution in [0.2, 0.25) is 0 Å². The number of nitrogens with one attached hydrogen (secondary N) is 1. The SMILES string of the molecule is CN(C)Cc1cc(F)c(OCCCc2sc(N3CCc4cccc(C(=O)Nc5nc6ccccc6s5)c4C3)nc2C(=O)O)cc1F. The van der Waals surface area contributed by atoms with Gasteiger partial charge in [-0.15, -0.1) is 11.3 Å². The van der Waals surface area contributed by atoms with Gasteiger partial charge in [-0.1, -0.05) is 35.6 Å². The molecule has 0 saturated carbocycles. The van der Waals surface area contributed by atoms with E-state index in [4.69, 9.17) is 4.74 Å². The second-order valence-corrected chi connectivity index (χ2v) is 13.3. The Labute approximate surface area is 272 Å². The number of para-hydroxylation sites is 1. The Morgan fingerprint density at radius 3 is 2.67 bits per heavy atom. The van der Waals surface area contributed by atoms with Crippen LogP contribution in [-0.2, 0) is 25.9 Å². The number of aryl methyl sites for hydroxylation is 1. The summed E-state index contributed by atoms with van der Waals surface area (Å²) < 4.78 is 35.4. The molecule has 9 nitrogen and oxygen atoms in total. The number of carbonyl (C=O) groups excluding carboxylic acids is 1. The van der Waals surface area contributed by atoms with Crippen LogP contribution in [0.3, 0.4) is 0 Å². The smallest absolute Gasteiger partial charge is 0.355 e. The monoisotopic (exact) mass is 663 g/mol. The lowest BCUT2D eigenvalue weighted by Crippen LogP contribution is -2.32. The van der Waals surface area contributed by atoms with Gasteiger partial charge in [0.2, 0.25) is 0 Å². The molecule has 0 spiro atoms. The molecule has 13 heteroatoms. The highest BCUT2D eigenvalue weighted by molar-refractivity contribution is 7.22. The molecule has 2 aromatic heterocycles. The van der Waals surface area contributed by atoms with Crippen molar-refractivity contribution in [3.8, 4) is 5.75 Å². The number of thiazole rings is 2. The van der Waals surface area contributed by atoms with E-state index in [2.05, 4.69) is 15.3 Å². The zero-order valence-corrected chi connectivity index (χ0v) is 26.8. The maximum absolute atomic E-state index is 14.5. The van der Waals surface area contributed by atoms with Crippen molar-refractivity contribution >= 4 is 55.0 Å². The third-order valence-electron chi connectivity index (χ3n) is 7.58. The first-order valence-corrected chi connectivity index (χ1v) is 16.3. The number of amides is 1. The lowest BCUT2D eigenvalue weighted by Gasteiger charge is -2.29. The zero-order valence-electron chi connectivity index (χ0n) is 25.2. The molecule has 3 heterocycles. The number of nitrogens with zero attached hydrogens (tertiary/aromatic N) is 4. The Bertz CT molecular complexity index is 1890. The van der Waals surface area contributed by atoms with Crippen LogP contribution in [0.1, 0.15) is 48.8 Å². The van der Waals surface area contributed by atoms with Gasteiger partial charge in [-0.05, 0) is 68.8 Å². The Morgan fingerprint density at radius 1 is 1.07 bits per heavy atom. The standard InChI is InChI=1S/C33H31F2N5O4S2/c1-39(2)17-20-15-24(35)26(16-23(20)34)44-14-6-11-28-29(31(42)43)37-33(46-28)40-13-12-19-7-5-8-21(22(19)18-40)30(41)38-32-36-25-9-3-4-10-27(25)45-32/h3-5,7-10,15-16H,6,11-14,17-18H2,1-2H3,(H,42,43)(H,36,38,41). The van der Waals surface area contributed by atoms with Gasteiger partial charge in [0.15, 0.2) is 27.5 Å². The van der Waals surface area contributed by atoms with Crippen LogP contribution in [0, 0.1) is 11.6 Å². The van der Waals surface area contributed by atoms with Gasteiger partial charge in [-0.2, -0.15) is 0 Å². The van der Waals surface area contributed by atoms with Crippen molar-refractivity contribution in [3.05, 3.63) is 99.1 Å². The highest BCUT2D eigenvalue weighted by Crippen LogP contribution is 2.33. The number of rotatable bonds is 11. The largest absolute Gasteiger partial charge is 0.490 e. The summed E-state index contributed by atoms with van der Waals surface area (Å²) in [4.78, 5) is 38.7. The summed E-state index contributed by atoms with van der Waals surface area (Å²) in [5.74, 6) is -2.78. The van der Waals surface area contributed by atoms with Crippen molar-refractivity contribution in [2.24, 2.45) is 0 Å². The second kappa shape index (κ2) is 13.5. The molecule has 0 unspecified atom stereocenters. The Morgan fingerprint density at radius 2 is 1.89 bits per heavy atom. The van der Waals surface area contributed by atoms with Crippen LogP contribution >= 0.6 is 22.7 Å². The minimum absolute atomic E-state index is 0.0436. The summed E-state index contributed by atoms with van der Waals surface area (Å²) in [5.41, 5.74) is 3.46. The predicted octanol–water partition coefficient (Wildman–Crippen LogP) is 6.62. The number of carboxylic acid groups (broad SMARTS) is 1. The molecule has 3 aromatic carbocycles. The third-order valence-corrected chi connectivity index (χ3v) is 9.71. The molecule has 1 amide bonds. The van der Waals surface area contributed by atoms with Crippen molar-refractivity contribution in [1.29, 1.82) is 0 Å². The van der Waals surface area contributed by atoms with E-state index in [-0.39, 0.29) is 36.1 Å². The number of aromatic carboxylic acids is 1. The van der Waals surface area contributed by atoms with E-state index >= 15 is 0 Å². The Kier molecular flexibility index (Phi) is 9.24. The van der Waals surface area contributed by atoms with E-state index in [1.807, 2.05) is 41.3 Å². The van der Waals surface area contributed by atoms with E-state index in [1.165, 1.54) is 22.7 Å². The van der Waals surface area contributed by atoms with Gasteiger partial charge in [0.1, 0.15) is 5.82 Å². The summed E-state index contributed by atoms with van der Waals surface area (Å²) in [6.45, 7) is 1.33. The first-order valence-electron chi connectivity index (χ1n) is 14.7. The number of carbonyl (C=O) groups is 2. The number of anilines is 2. The van der Waals surface area contributed by atoms with E-state index in [9.17, 15) is 23.5 Å². The highest BCUT2D eigenvalue weighted by Gasteiger charge is 2.27. The summed E-state index contributed by atoms with van der Waals surface area (Å²) in [6, 6.07) is 15.5. The summed E-state index contributed by atoms with van der Waals surface area (Å²) in [6.07, 6.45) is 1.38. The van der Waals surface area contributed by atoms with E-state index in [0.717, 1.165) is 33.5 Å². The van der Waals surface area contributed by atoms with Crippen molar-refractivity contribution in [1.82, 2.24) is 14.9 Å². The predicted molar refractivity (Wildman–Crippen MR) is 175 cm³/mol. The average molecular weight is 664 g/mol. The fourth-order valence-corrected chi connectivity index (χ4v) is 7.39. The molecule has 0 fully saturated rings. The van der Waals surface area contributed by atoms with Gasteiger partial charge < -0.3 is 19.6 Å². The molecular formula is C33H31F2N5O4S2. The fourth-order valence-electron chi connectivity index (χ4n) is 5.42. The molecule has 0 atom stereocenters. The maximum Gasteiger partial charge on any atom is 0.355 e. The number of fused-ring (bicyclic) bond motifs is 2. The van der Waals surface area contributed by atoms with Gasteiger partial charge >= 0.3 is 5.97 Å². The van der Waals surface area contributed by atoms with Gasteiger partial charge in [0, 0.05) is 41.7 Å². The lowest BCUT2D eigenvalue weighted by atomic mass is 9.94. The van der Waals surface area contributed by atoms with E-state index in [0.29, 0.717) is 53.1 Å². The van der Waals surface area contributed by atoms with Crippen molar-refractivity contribution in [2.45, 2.75) is 32.4 Å². The average Bonchev–Trinajstić information content (AvgIpc) is 3.64. The summed E-state index contributed by atoms with van der Waals surface area (Å²) in [7, 11) is 3.54. The first kappa shape index (κ1) is 31.5. The van der Waals surface area contributed by atoms with Crippen molar-refractivity contribution in [2.75, 3.05) is 37.5 Å². The summed E-state index contributed by atoms with van der Waals surface area (Å²) in [5, 5.41) is 13.9. The highest BCUT2D eigenvalue weighted by atomic mass is 32.1. The molecule has 5 aromatic rings. The molecule has 46 heavy (non-hydrogen) atoms. The molecule has 238 valence electrons. The van der Waals surface area contributed by atoms with Crippen LogP contribution in [0.4, 0.5) is 19.0 Å². The third kappa shape index (κ3) is 6.86. The topological polar surface area (TPSA) is 108 Å². The molecule has 1 aliphatic heterocycles. The van der Waals surface area contributed by atoms with Crippen LogP contribution in [0.25, 0.3) is 10.2 Å². The van der Waals surface area contributed by atoms with E-state index in [1.54, 1.807) is 25.1 Å². The minimum Gasteiger partial charge on any atom is -0.490 e. The number of hydrogen-bond donors (Lipinski definition) is 2. The first-order chi connectivity index (χ1) is 22.2. The molecule has 0 radical (unpaired) electrons. The molecule has 0 saturated heterocycles. The Balaban J connectivity index is 1.13. The number of ether oxygens (including phenoxy) is 1. The normalized spacial score (nSPS) is 12.8. The van der Waals surface area contributed by atoms with Crippen LogP contribution in [-0.4, -0.2) is 59.1 Å². The van der Waals surface area contributed by atoms with E-state index < -0.39 is 17.6 Å². The summed E-state index contributed by atoms with van der Waals surface area (Å²) >= 11 is 2.69. The molecule has 2 N–H and O–H groups in total.